The van der Waals surface area contributed by atoms with Gasteiger partial charge in [0.1, 0.15) is 0 Å². The van der Waals surface area contributed by atoms with Crippen molar-refractivity contribution in [3.8, 4) is 0 Å². The third-order valence-corrected chi connectivity index (χ3v) is 2.29. The van der Waals surface area contributed by atoms with Crippen molar-refractivity contribution < 1.29 is 4.79 Å². The van der Waals surface area contributed by atoms with Crippen molar-refractivity contribution in [2.24, 2.45) is 5.73 Å². The first-order chi connectivity index (χ1) is 6.50. The first-order valence-corrected chi connectivity index (χ1v) is 5.00. The van der Waals surface area contributed by atoms with Gasteiger partial charge in [-0.25, -0.2) is 0 Å². The monoisotopic (exact) mass is 231 g/mol. The van der Waals surface area contributed by atoms with E-state index in [1.165, 1.54) is 0 Å². The van der Waals surface area contributed by atoms with Crippen LogP contribution >= 0.6 is 23.2 Å². The Labute approximate surface area is 93.0 Å². The number of halogens is 2. The Kier molecular flexibility index (Phi) is 3.93. The summed E-state index contributed by atoms with van der Waals surface area (Å²) in [5, 5.41) is 0.899. The van der Waals surface area contributed by atoms with Crippen molar-refractivity contribution in [3.05, 3.63) is 33.8 Å². The van der Waals surface area contributed by atoms with E-state index in [4.69, 9.17) is 28.9 Å². The van der Waals surface area contributed by atoms with Crippen LogP contribution in [0.25, 0.3) is 0 Å². The number of hydrogen-bond acceptors (Lipinski definition) is 2. The summed E-state index contributed by atoms with van der Waals surface area (Å²) in [6.07, 6.45) is 0.293. The number of carbonyl (C=O) groups excluding carboxylic acids is 1. The molecule has 0 amide bonds. The van der Waals surface area contributed by atoms with Crippen LogP contribution in [0.3, 0.4) is 0 Å². The van der Waals surface area contributed by atoms with Crippen LogP contribution in [-0.2, 0) is 0 Å². The molecule has 0 aromatic heterocycles. The van der Waals surface area contributed by atoms with E-state index in [1.54, 1.807) is 25.1 Å². The Morgan fingerprint density at radius 1 is 1.50 bits per heavy atom. The summed E-state index contributed by atoms with van der Waals surface area (Å²) in [5.74, 6) is -0.0540. The van der Waals surface area contributed by atoms with E-state index in [0.717, 1.165) is 0 Å². The minimum absolute atomic E-state index is 0.0540. The first-order valence-electron chi connectivity index (χ1n) is 4.24. The quantitative estimate of drug-likeness (QED) is 0.814. The van der Waals surface area contributed by atoms with Gasteiger partial charge in [0.15, 0.2) is 5.78 Å². The van der Waals surface area contributed by atoms with Crippen LogP contribution in [0.2, 0.25) is 10.0 Å². The molecule has 1 atom stereocenters. The van der Waals surface area contributed by atoms with Crippen LogP contribution in [0, 0.1) is 0 Å². The van der Waals surface area contributed by atoms with Crippen LogP contribution < -0.4 is 5.73 Å². The lowest BCUT2D eigenvalue weighted by molar-refractivity contribution is 0.0977. The topological polar surface area (TPSA) is 43.1 Å². The molecule has 14 heavy (non-hydrogen) atoms. The number of rotatable bonds is 3. The number of hydrogen-bond donors (Lipinski definition) is 1. The smallest absolute Gasteiger partial charge is 0.165 e. The highest BCUT2D eigenvalue weighted by Crippen LogP contribution is 2.22. The van der Waals surface area contributed by atoms with E-state index in [0.29, 0.717) is 22.0 Å². The Hall–Kier alpha value is -0.570. The molecule has 0 spiro atoms. The standard InChI is InChI=1S/C10H11Cl2NO/c1-6(13)4-10(14)8-3-2-7(11)5-9(8)12/h2-3,5-6H,4,13H2,1H3. The normalized spacial score (nSPS) is 12.6. The molecular weight excluding hydrogens is 221 g/mol. The molecule has 2 N–H and O–H groups in total. The van der Waals surface area contributed by atoms with E-state index in [2.05, 4.69) is 0 Å². The molecular formula is C10H11Cl2NO. The van der Waals surface area contributed by atoms with Crippen molar-refractivity contribution in [1.29, 1.82) is 0 Å². The maximum absolute atomic E-state index is 11.6. The van der Waals surface area contributed by atoms with Gasteiger partial charge in [0.05, 0.1) is 5.02 Å². The van der Waals surface area contributed by atoms with Gasteiger partial charge in [-0.15, -0.1) is 0 Å². The zero-order valence-electron chi connectivity index (χ0n) is 7.76. The van der Waals surface area contributed by atoms with Crippen molar-refractivity contribution >= 4 is 29.0 Å². The van der Waals surface area contributed by atoms with E-state index < -0.39 is 0 Å². The highest BCUT2D eigenvalue weighted by atomic mass is 35.5. The van der Waals surface area contributed by atoms with Crippen molar-refractivity contribution in [2.75, 3.05) is 0 Å². The number of nitrogens with two attached hydrogens (primary N) is 1. The molecule has 1 aromatic carbocycles. The van der Waals surface area contributed by atoms with Crippen molar-refractivity contribution in [3.63, 3.8) is 0 Å². The SMILES string of the molecule is CC(N)CC(=O)c1ccc(Cl)cc1Cl. The minimum atomic E-state index is -0.158. The first kappa shape index (κ1) is 11.5. The Morgan fingerprint density at radius 3 is 2.64 bits per heavy atom. The van der Waals surface area contributed by atoms with Crippen LogP contribution in [-0.4, -0.2) is 11.8 Å². The van der Waals surface area contributed by atoms with Gasteiger partial charge in [0, 0.05) is 23.0 Å². The molecule has 0 bridgehead atoms. The fourth-order valence-corrected chi connectivity index (χ4v) is 1.63. The van der Waals surface area contributed by atoms with Gasteiger partial charge >= 0.3 is 0 Å². The molecule has 0 heterocycles. The highest BCUT2D eigenvalue weighted by molar-refractivity contribution is 6.36. The molecule has 0 radical (unpaired) electrons. The molecule has 0 aliphatic carbocycles. The van der Waals surface area contributed by atoms with E-state index >= 15 is 0 Å². The number of Topliss-reactive ketones (excluding diaryl/α,β-unsaturated/α-hetero) is 1. The lowest BCUT2D eigenvalue weighted by Crippen LogP contribution is -2.19. The summed E-state index contributed by atoms with van der Waals surface area (Å²) in [7, 11) is 0. The van der Waals surface area contributed by atoms with Crippen LogP contribution in [0.4, 0.5) is 0 Å². The second kappa shape index (κ2) is 4.78. The highest BCUT2D eigenvalue weighted by Gasteiger charge is 2.12. The number of carbonyl (C=O) groups is 1. The average molecular weight is 232 g/mol. The van der Waals surface area contributed by atoms with Crippen LogP contribution in [0.1, 0.15) is 23.7 Å². The number of benzene rings is 1. The average Bonchev–Trinajstić information content (AvgIpc) is 2.01. The predicted octanol–water partition coefficient (Wildman–Crippen LogP) is 2.91. The molecule has 0 aliphatic rings. The van der Waals surface area contributed by atoms with Crippen LogP contribution in [0.5, 0.6) is 0 Å². The lowest BCUT2D eigenvalue weighted by atomic mass is 10.1. The molecule has 4 heteroatoms. The molecule has 2 nitrogen and oxygen atoms in total. The lowest BCUT2D eigenvalue weighted by Gasteiger charge is -2.06. The summed E-state index contributed by atoms with van der Waals surface area (Å²) < 4.78 is 0. The zero-order chi connectivity index (χ0) is 10.7. The maximum atomic E-state index is 11.6. The molecule has 1 rings (SSSR count). The van der Waals surface area contributed by atoms with Gasteiger partial charge in [-0.2, -0.15) is 0 Å². The van der Waals surface area contributed by atoms with Crippen molar-refractivity contribution in [1.82, 2.24) is 0 Å². The molecule has 0 fully saturated rings. The second-order valence-corrected chi connectivity index (χ2v) is 4.07. The van der Waals surface area contributed by atoms with Crippen molar-refractivity contribution in [2.45, 2.75) is 19.4 Å². The predicted molar refractivity (Wildman–Crippen MR) is 59.1 cm³/mol. The molecule has 1 unspecified atom stereocenters. The Morgan fingerprint density at radius 2 is 2.14 bits per heavy atom. The van der Waals surface area contributed by atoms with E-state index in [-0.39, 0.29) is 11.8 Å². The second-order valence-electron chi connectivity index (χ2n) is 3.23. The van der Waals surface area contributed by atoms with Gasteiger partial charge in [-0.3, -0.25) is 4.79 Å². The molecule has 0 saturated heterocycles. The summed E-state index contributed by atoms with van der Waals surface area (Å²) in [5.41, 5.74) is 6.00. The van der Waals surface area contributed by atoms with Gasteiger partial charge in [-0.1, -0.05) is 23.2 Å². The summed E-state index contributed by atoms with van der Waals surface area (Å²) in [4.78, 5) is 11.6. The van der Waals surface area contributed by atoms with E-state index in [9.17, 15) is 4.79 Å². The fraction of sp³-hybridized carbons (Fsp3) is 0.300. The minimum Gasteiger partial charge on any atom is -0.328 e. The maximum Gasteiger partial charge on any atom is 0.165 e. The van der Waals surface area contributed by atoms with Gasteiger partial charge in [0.2, 0.25) is 0 Å². The van der Waals surface area contributed by atoms with E-state index in [1.807, 2.05) is 0 Å². The summed E-state index contributed by atoms with van der Waals surface area (Å²) >= 11 is 11.6. The summed E-state index contributed by atoms with van der Waals surface area (Å²) in [6, 6.07) is 4.66. The molecule has 0 saturated carbocycles. The summed E-state index contributed by atoms with van der Waals surface area (Å²) in [6.45, 7) is 1.78. The molecule has 1 aromatic rings. The number of ketones is 1. The van der Waals surface area contributed by atoms with Gasteiger partial charge in [-0.05, 0) is 25.1 Å². The zero-order valence-corrected chi connectivity index (χ0v) is 9.27. The largest absolute Gasteiger partial charge is 0.328 e. The fourth-order valence-electron chi connectivity index (χ4n) is 1.12. The van der Waals surface area contributed by atoms with Gasteiger partial charge < -0.3 is 5.73 Å². The van der Waals surface area contributed by atoms with Gasteiger partial charge in [0.25, 0.3) is 0 Å². The Balaban J connectivity index is 2.90. The Bertz CT molecular complexity index is 350. The molecule has 0 aliphatic heterocycles. The molecule has 76 valence electrons. The third-order valence-electron chi connectivity index (χ3n) is 1.74. The third kappa shape index (κ3) is 2.98. The van der Waals surface area contributed by atoms with Crippen LogP contribution in [0.15, 0.2) is 18.2 Å².